The number of H-pyrrole nitrogens is 1. The second-order valence-corrected chi connectivity index (χ2v) is 8.07. The molecule has 0 amide bonds. The molecular weight excluding hydrogens is 442 g/mol. The average molecular weight is 468 g/mol. The number of nitrogens with zero attached hydrogens (tertiary/aromatic N) is 5. The first-order chi connectivity index (χ1) is 17.1. The first kappa shape index (κ1) is 22.4. The summed E-state index contributed by atoms with van der Waals surface area (Å²) in [6.45, 7) is 6.51. The first-order valence-corrected chi connectivity index (χ1v) is 11.5. The topological polar surface area (TPSA) is 111 Å². The molecule has 0 aliphatic heterocycles. The maximum Gasteiger partial charge on any atom is 0.393 e. The number of hydrogen-bond acceptors (Lipinski definition) is 7. The lowest BCUT2D eigenvalue weighted by Crippen LogP contribution is -2.22. The predicted molar refractivity (Wildman–Crippen MR) is 133 cm³/mol. The molecule has 3 aromatic carbocycles. The summed E-state index contributed by atoms with van der Waals surface area (Å²) in [6, 6.07) is 20.0. The summed E-state index contributed by atoms with van der Waals surface area (Å²) in [5.74, 6) is 0.284. The Morgan fingerprint density at radius 1 is 1.03 bits per heavy atom. The van der Waals surface area contributed by atoms with E-state index in [0.29, 0.717) is 12.4 Å². The van der Waals surface area contributed by atoms with E-state index in [-0.39, 0.29) is 5.82 Å². The minimum absolute atomic E-state index is 0.221. The Kier molecular flexibility index (Phi) is 6.07. The van der Waals surface area contributed by atoms with Gasteiger partial charge < -0.3 is 4.84 Å². The van der Waals surface area contributed by atoms with Crippen LogP contribution >= 0.6 is 0 Å². The molecule has 35 heavy (non-hydrogen) atoms. The summed E-state index contributed by atoms with van der Waals surface area (Å²) in [5.41, 5.74) is 10.2. The van der Waals surface area contributed by atoms with Gasteiger partial charge in [0.25, 0.3) is 0 Å². The minimum Gasteiger partial charge on any atom is -0.364 e. The smallest absolute Gasteiger partial charge is 0.364 e. The van der Waals surface area contributed by atoms with Gasteiger partial charge in [0.2, 0.25) is 5.82 Å². The van der Waals surface area contributed by atoms with Crippen LogP contribution in [0, 0.1) is 6.92 Å². The van der Waals surface area contributed by atoms with E-state index in [1.54, 1.807) is 0 Å². The van der Waals surface area contributed by atoms with Gasteiger partial charge in [-0.15, -0.1) is 5.10 Å². The molecule has 0 aliphatic carbocycles. The van der Waals surface area contributed by atoms with Crippen molar-refractivity contribution in [2.75, 3.05) is 6.54 Å². The average Bonchev–Trinajstić information content (AvgIpc) is 3.57. The fraction of sp³-hybridized carbons (Fsp3) is 0.192. The van der Waals surface area contributed by atoms with Gasteiger partial charge in [0, 0.05) is 17.8 Å². The van der Waals surface area contributed by atoms with E-state index in [2.05, 4.69) is 39.1 Å². The molecule has 0 saturated carbocycles. The van der Waals surface area contributed by atoms with Crippen LogP contribution < -0.4 is 5.48 Å². The van der Waals surface area contributed by atoms with Gasteiger partial charge in [-0.3, -0.25) is 4.57 Å². The summed E-state index contributed by atoms with van der Waals surface area (Å²) in [5, 5.41) is 14.3. The van der Waals surface area contributed by atoms with E-state index in [1.807, 2.05) is 73.0 Å². The zero-order valence-electron chi connectivity index (χ0n) is 19.7. The molecule has 2 heterocycles. The van der Waals surface area contributed by atoms with Gasteiger partial charge in [0.1, 0.15) is 0 Å². The molecule has 0 fully saturated rings. The number of imidazole rings is 1. The van der Waals surface area contributed by atoms with Gasteiger partial charge in [0.15, 0.2) is 5.82 Å². The highest BCUT2D eigenvalue weighted by Gasteiger charge is 2.22. The van der Waals surface area contributed by atoms with E-state index in [4.69, 9.17) is 9.82 Å². The van der Waals surface area contributed by atoms with E-state index in [1.165, 1.54) is 5.56 Å². The third-order valence-electron chi connectivity index (χ3n) is 6.03. The van der Waals surface area contributed by atoms with Crippen molar-refractivity contribution in [3.63, 3.8) is 0 Å². The van der Waals surface area contributed by atoms with Crippen LogP contribution in [0.15, 0.2) is 60.7 Å². The SMILES string of the molecule is CCNOC(=O)c1nc2c(C)c(CC)ccc2n1-c1ccc(-c2ccccc2-c2nnn[nH]2)cc1. The number of rotatable bonds is 7. The quantitative estimate of drug-likeness (QED) is 0.341. The molecule has 2 N–H and O–H groups in total. The van der Waals surface area contributed by atoms with Gasteiger partial charge in [-0.1, -0.05) is 49.4 Å². The van der Waals surface area contributed by atoms with Gasteiger partial charge >= 0.3 is 5.97 Å². The molecule has 2 aromatic heterocycles. The molecular formula is C26H25N7O2. The molecule has 9 heteroatoms. The van der Waals surface area contributed by atoms with E-state index in [0.717, 1.165) is 45.4 Å². The van der Waals surface area contributed by atoms with Gasteiger partial charge in [-0.25, -0.2) is 14.9 Å². The van der Waals surface area contributed by atoms with Crippen molar-refractivity contribution in [1.29, 1.82) is 0 Å². The third-order valence-corrected chi connectivity index (χ3v) is 6.03. The molecule has 0 aliphatic rings. The number of benzene rings is 3. The number of aromatic amines is 1. The van der Waals surface area contributed by atoms with Crippen LogP contribution in [0.4, 0.5) is 0 Å². The van der Waals surface area contributed by atoms with Crippen LogP contribution in [0.25, 0.3) is 39.2 Å². The molecule has 0 radical (unpaired) electrons. The zero-order valence-corrected chi connectivity index (χ0v) is 19.7. The number of nitrogens with one attached hydrogen (secondary N) is 2. The Bertz CT molecular complexity index is 1490. The van der Waals surface area contributed by atoms with Crippen molar-refractivity contribution in [2.24, 2.45) is 0 Å². The summed E-state index contributed by atoms with van der Waals surface area (Å²) >= 11 is 0. The summed E-state index contributed by atoms with van der Waals surface area (Å²) in [4.78, 5) is 22.8. The zero-order chi connectivity index (χ0) is 24.4. The Morgan fingerprint density at radius 2 is 1.80 bits per heavy atom. The van der Waals surface area contributed by atoms with Crippen LogP contribution in [0.1, 0.15) is 35.6 Å². The molecule has 0 spiro atoms. The largest absolute Gasteiger partial charge is 0.393 e. The number of aryl methyl sites for hydroxylation is 2. The van der Waals surface area contributed by atoms with Crippen molar-refractivity contribution in [3.8, 4) is 28.2 Å². The fourth-order valence-electron chi connectivity index (χ4n) is 4.29. The summed E-state index contributed by atoms with van der Waals surface area (Å²) in [6.07, 6.45) is 0.890. The maximum atomic E-state index is 12.9. The number of tetrazole rings is 1. The molecule has 0 bridgehead atoms. The molecule has 5 rings (SSSR count). The number of hydrogen-bond donors (Lipinski definition) is 2. The predicted octanol–water partition coefficient (Wildman–Crippen LogP) is 4.42. The number of aromatic nitrogens is 6. The highest BCUT2D eigenvalue weighted by atomic mass is 16.7. The molecule has 9 nitrogen and oxygen atoms in total. The Labute approximate surface area is 202 Å². The third kappa shape index (κ3) is 4.06. The highest BCUT2D eigenvalue weighted by molar-refractivity contribution is 5.94. The highest BCUT2D eigenvalue weighted by Crippen LogP contribution is 2.32. The van der Waals surface area contributed by atoms with Crippen LogP contribution in [0.2, 0.25) is 0 Å². The monoisotopic (exact) mass is 467 g/mol. The number of carbonyl (C=O) groups excluding carboxylic acids is 1. The molecule has 0 atom stereocenters. The number of carbonyl (C=O) groups is 1. The minimum atomic E-state index is -0.535. The first-order valence-electron chi connectivity index (χ1n) is 11.5. The molecule has 0 saturated heterocycles. The summed E-state index contributed by atoms with van der Waals surface area (Å²) < 4.78 is 1.84. The van der Waals surface area contributed by atoms with E-state index >= 15 is 0 Å². The lowest BCUT2D eigenvalue weighted by atomic mass is 9.99. The number of hydroxylamine groups is 1. The molecule has 176 valence electrons. The van der Waals surface area contributed by atoms with Crippen LogP contribution in [0.5, 0.6) is 0 Å². The van der Waals surface area contributed by atoms with E-state index in [9.17, 15) is 4.79 Å². The maximum absolute atomic E-state index is 12.9. The molecule has 5 aromatic rings. The fourth-order valence-corrected chi connectivity index (χ4v) is 4.29. The van der Waals surface area contributed by atoms with Crippen LogP contribution in [0.3, 0.4) is 0 Å². The second kappa shape index (κ2) is 9.47. The van der Waals surface area contributed by atoms with Crippen molar-refractivity contribution in [2.45, 2.75) is 27.2 Å². The van der Waals surface area contributed by atoms with Gasteiger partial charge in [0.05, 0.1) is 11.0 Å². The lowest BCUT2D eigenvalue weighted by Gasteiger charge is -2.12. The van der Waals surface area contributed by atoms with Crippen LogP contribution in [-0.2, 0) is 11.3 Å². The van der Waals surface area contributed by atoms with Crippen molar-refractivity contribution >= 4 is 17.0 Å². The lowest BCUT2D eigenvalue weighted by molar-refractivity contribution is 0.0249. The standard InChI is InChI=1S/C26H25N7O2/c1-4-17-12-15-22-23(16(17)3)28-25(26(34)35-27-5-2)33(22)19-13-10-18(11-14-19)20-8-6-7-9-21(20)24-29-31-32-30-24/h6-15,27H,4-5H2,1-3H3,(H,29,30,31,32). The van der Waals surface area contributed by atoms with Gasteiger partial charge in [-0.05, 0) is 71.1 Å². The second-order valence-electron chi connectivity index (χ2n) is 8.07. The van der Waals surface area contributed by atoms with Crippen molar-refractivity contribution in [1.82, 2.24) is 35.7 Å². The van der Waals surface area contributed by atoms with Crippen molar-refractivity contribution in [3.05, 3.63) is 77.6 Å². The number of fused-ring (bicyclic) bond motifs is 1. The normalized spacial score (nSPS) is 11.2. The van der Waals surface area contributed by atoms with Crippen molar-refractivity contribution < 1.29 is 9.63 Å². The molecule has 0 unspecified atom stereocenters. The summed E-state index contributed by atoms with van der Waals surface area (Å²) in [7, 11) is 0. The van der Waals surface area contributed by atoms with E-state index < -0.39 is 5.97 Å². The Balaban J connectivity index is 1.62. The Hall–Kier alpha value is -4.37. The Morgan fingerprint density at radius 3 is 2.49 bits per heavy atom. The van der Waals surface area contributed by atoms with Crippen LogP contribution in [-0.4, -0.2) is 42.7 Å². The van der Waals surface area contributed by atoms with Gasteiger partial charge in [-0.2, -0.15) is 5.48 Å².